The van der Waals surface area contributed by atoms with E-state index in [1.165, 1.54) is 24.8 Å². The summed E-state index contributed by atoms with van der Waals surface area (Å²) in [6, 6.07) is 0. The number of carbonyl (C=O) groups excluding carboxylic acids is 1. The maximum Gasteiger partial charge on any atom is 0.307 e. The smallest absolute Gasteiger partial charge is 0.307 e. The summed E-state index contributed by atoms with van der Waals surface area (Å²) in [5, 5.41) is 0. The predicted octanol–water partition coefficient (Wildman–Crippen LogP) is 3.46. The molecule has 0 amide bonds. The van der Waals surface area contributed by atoms with Gasteiger partial charge in [-0.1, -0.05) is 25.5 Å². The fraction of sp³-hybridized carbons (Fsp3) is 0.800. The largest absolute Gasteiger partial charge is 0.459 e. The molecule has 0 N–H and O–H groups in total. The van der Waals surface area contributed by atoms with E-state index in [0.717, 1.165) is 6.42 Å². The van der Waals surface area contributed by atoms with E-state index in [0.29, 0.717) is 23.7 Å². The highest BCUT2D eigenvalue weighted by Gasteiger charge is 2.54. The van der Waals surface area contributed by atoms with E-state index in [2.05, 4.69) is 26.8 Å². The summed E-state index contributed by atoms with van der Waals surface area (Å²) < 4.78 is 5.59. The van der Waals surface area contributed by atoms with Gasteiger partial charge in [-0.2, -0.15) is 0 Å². The van der Waals surface area contributed by atoms with Gasteiger partial charge in [0.05, 0.1) is 6.42 Å². The molecule has 1 saturated carbocycles. The molecule has 1 aliphatic heterocycles. The fourth-order valence-electron chi connectivity index (χ4n) is 4.20. The molecule has 2 heteroatoms. The monoisotopic (exact) mass is 234 g/mol. The zero-order chi connectivity index (χ0) is 12.3. The second-order valence-corrected chi connectivity index (χ2v) is 6.87. The third-order valence-electron chi connectivity index (χ3n) is 5.30. The summed E-state index contributed by atoms with van der Waals surface area (Å²) >= 11 is 0. The topological polar surface area (TPSA) is 26.3 Å². The second kappa shape index (κ2) is 3.37. The Morgan fingerprint density at radius 1 is 1.24 bits per heavy atom. The third kappa shape index (κ3) is 1.56. The fourth-order valence-corrected chi connectivity index (χ4v) is 4.20. The van der Waals surface area contributed by atoms with Gasteiger partial charge >= 0.3 is 5.97 Å². The minimum atomic E-state index is -0.202. The molecule has 3 aliphatic rings. The summed E-state index contributed by atoms with van der Waals surface area (Å²) in [4.78, 5) is 11.6. The molecule has 2 aliphatic carbocycles. The Morgan fingerprint density at radius 3 is 2.76 bits per heavy atom. The molecular formula is C15H22O2. The molecule has 0 radical (unpaired) electrons. The molecule has 0 aromatic carbocycles. The van der Waals surface area contributed by atoms with Gasteiger partial charge in [0.1, 0.15) is 5.60 Å². The van der Waals surface area contributed by atoms with Crippen LogP contribution in [0.2, 0.25) is 0 Å². The van der Waals surface area contributed by atoms with Gasteiger partial charge in [-0.05, 0) is 43.9 Å². The number of hydrogen-bond donors (Lipinski definition) is 0. The first-order valence-electron chi connectivity index (χ1n) is 6.84. The highest BCUT2D eigenvalue weighted by Crippen LogP contribution is 2.56. The molecule has 3 rings (SSSR count). The summed E-state index contributed by atoms with van der Waals surface area (Å²) in [5.41, 5.74) is 1.73. The van der Waals surface area contributed by atoms with E-state index < -0.39 is 0 Å². The Bertz CT molecular complexity index is 394. The normalized spacial score (nSPS) is 43.5. The summed E-state index contributed by atoms with van der Waals surface area (Å²) in [6.45, 7) is 6.89. The Morgan fingerprint density at radius 2 is 2.00 bits per heavy atom. The van der Waals surface area contributed by atoms with Crippen molar-refractivity contribution in [3.63, 3.8) is 0 Å². The van der Waals surface area contributed by atoms with Crippen LogP contribution in [0.25, 0.3) is 0 Å². The minimum absolute atomic E-state index is 0.00225. The van der Waals surface area contributed by atoms with Crippen molar-refractivity contribution in [1.82, 2.24) is 0 Å². The van der Waals surface area contributed by atoms with E-state index in [9.17, 15) is 4.79 Å². The van der Waals surface area contributed by atoms with Crippen LogP contribution < -0.4 is 0 Å². The van der Waals surface area contributed by atoms with Crippen LogP contribution in [0.5, 0.6) is 0 Å². The lowest BCUT2D eigenvalue weighted by Crippen LogP contribution is -2.44. The van der Waals surface area contributed by atoms with Crippen molar-refractivity contribution >= 4 is 5.97 Å². The van der Waals surface area contributed by atoms with Crippen LogP contribution in [0.4, 0.5) is 0 Å². The van der Waals surface area contributed by atoms with Crippen molar-refractivity contribution < 1.29 is 9.53 Å². The van der Waals surface area contributed by atoms with Crippen LogP contribution in [0.3, 0.4) is 0 Å². The number of ether oxygens (including phenoxy) is 1. The number of allylic oxidation sites excluding steroid dienone is 1. The zero-order valence-electron chi connectivity index (χ0n) is 11.1. The van der Waals surface area contributed by atoms with Gasteiger partial charge in [0.15, 0.2) is 0 Å². The van der Waals surface area contributed by atoms with Gasteiger partial charge < -0.3 is 4.74 Å². The average Bonchev–Trinajstić information content (AvgIpc) is 2.52. The Kier molecular flexibility index (Phi) is 2.24. The van der Waals surface area contributed by atoms with Crippen LogP contribution in [0.15, 0.2) is 11.6 Å². The van der Waals surface area contributed by atoms with Crippen molar-refractivity contribution in [3.8, 4) is 0 Å². The van der Waals surface area contributed by atoms with E-state index in [1.807, 2.05) is 0 Å². The van der Waals surface area contributed by atoms with Crippen molar-refractivity contribution in [3.05, 3.63) is 11.6 Å². The van der Waals surface area contributed by atoms with Gasteiger partial charge in [0.25, 0.3) is 0 Å². The number of esters is 1. The van der Waals surface area contributed by atoms with Crippen LogP contribution >= 0.6 is 0 Å². The lowest BCUT2D eigenvalue weighted by Gasteiger charge is -2.48. The molecule has 0 aromatic heterocycles. The van der Waals surface area contributed by atoms with Crippen molar-refractivity contribution in [2.75, 3.05) is 0 Å². The quantitative estimate of drug-likeness (QED) is 0.474. The molecule has 0 aromatic rings. The highest BCUT2D eigenvalue weighted by atomic mass is 16.6. The molecule has 0 unspecified atom stereocenters. The molecule has 3 atom stereocenters. The molecule has 0 bridgehead atoms. The maximum absolute atomic E-state index is 11.6. The Balaban J connectivity index is 1.98. The molecule has 2 nitrogen and oxygen atoms in total. The highest BCUT2D eigenvalue weighted by molar-refractivity contribution is 5.74. The summed E-state index contributed by atoms with van der Waals surface area (Å²) in [5.74, 6) is 1.03. The summed E-state index contributed by atoms with van der Waals surface area (Å²) in [6.07, 6.45) is 7.67. The molecule has 17 heavy (non-hydrogen) atoms. The van der Waals surface area contributed by atoms with Crippen LogP contribution in [-0.2, 0) is 9.53 Å². The second-order valence-electron chi connectivity index (χ2n) is 6.87. The average molecular weight is 234 g/mol. The molecule has 94 valence electrons. The molecular weight excluding hydrogens is 212 g/mol. The van der Waals surface area contributed by atoms with Gasteiger partial charge in [-0.15, -0.1) is 0 Å². The summed E-state index contributed by atoms with van der Waals surface area (Å²) in [7, 11) is 0. The van der Waals surface area contributed by atoms with Crippen LogP contribution in [-0.4, -0.2) is 11.6 Å². The first kappa shape index (κ1) is 11.3. The number of carbonyl (C=O) groups is 1. The number of rotatable bonds is 0. The Hall–Kier alpha value is -0.790. The molecule has 1 heterocycles. The molecule has 0 spiro atoms. The standard InChI is InChI=1S/C15H22O2/c1-14(2)7-4-5-10-11(14)6-8-15(3)12(10)9-13(16)17-15/h5,11-12H,4,6-9H2,1-3H3/t11-,12-,15-/m1/s1. The van der Waals surface area contributed by atoms with E-state index >= 15 is 0 Å². The third-order valence-corrected chi connectivity index (χ3v) is 5.30. The first-order chi connectivity index (χ1) is 7.92. The first-order valence-corrected chi connectivity index (χ1v) is 6.84. The lowest BCUT2D eigenvalue weighted by molar-refractivity contribution is -0.149. The van der Waals surface area contributed by atoms with E-state index in [1.54, 1.807) is 0 Å². The van der Waals surface area contributed by atoms with Crippen molar-refractivity contribution in [2.45, 2.75) is 58.5 Å². The van der Waals surface area contributed by atoms with Crippen molar-refractivity contribution in [2.24, 2.45) is 17.3 Å². The number of hydrogen-bond acceptors (Lipinski definition) is 2. The molecule has 2 fully saturated rings. The zero-order valence-corrected chi connectivity index (χ0v) is 11.1. The predicted molar refractivity (Wildman–Crippen MR) is 66.4 cm³/mol. The SMILES string of the molecule is CC1(C)CCC=C2[C@H]1CC[C@@]1(C)OC(=O)C[C@H]21. The van der Waals surface area contributed by atoms with Gasteiger partial charge in [-0.25, -0.2) is 0 Å². The van der Waals surface area contributed by atoms with Crippen LogP contribution in [0.1, 0.15) is 52.9 Å². The maximum atomic E-state index is 11.6. The van der Waals surface area contributed by atoms with Gasteiger partial charge in [0, 0.05) is 5.92 Å². The van der Waals surface area contributed by atoms with Crippen molar-refractivity contribution in [1.29, 1.82) is 0 Å². The van der Waals surface area contributed by atoms with E-state index in [4.69, 9.17) is 4.74 Å². The van der Waals surface area contributed by atoms with Crippen LogP contribution in [0, 0.1) is 17.3 Å². The van der Waals surface area contributed by atoms with Gasteiger partial charge in [0.2, 0.25) is 0 Å². The Labute approximate surface area is 103 Å². The number of fused-ring (bicyclic) bond motifs is 3. The van der Waals surface area contributed by atoms with Gasteiger partial charge in [-0.3, -0.25) is 4.79 Å². The lowest BCUT2D eigenvalue weighted by atomic mass is 9.57. The minimum Gasteiger partial charge on any atom is -0.459 e. The molecule has 1 saturated heterocycles. The van der Waals surface area contributed by atoms with E-state index in [-0.39, 0.29) is 11.6 Å².